The summed E-state index contributed by atoms with van der Waals surface area (Å²) in [6, 6.07) is 12.4. The summed E-state index contributed by atoms with van der Waals surface area (Å²) in [7, 11) is 0. The van der Waals surface area contributed by atoms with E-state index < -0.39 is 6.04 Å². The normalized spacial score (nSPS) is 17.2. The van der Waals surface area contributed by atoms with Crippen LogP contribution in [0.15, 0.2) is 42.5 Å². The Morgan fingerprint density at radius 3 is 2.56 bits per heavy atom. The van der Waals surface area contributed by atoms with E-state index in [1.807, 2.05) is 32.0 Å². The van der Waals surface area contributed by atoms with Crippen molar-refractivity contribution < 1.29 is 14.3 Å². The van der Waals surface area contributed by atoms with Crippen LogP contribution in [0.3, 0.4) is 0 Å². The number of piperazine rings is 1. The average molecular weight is 387 g/mol. The van der Waals surface area contributed by atoms with Gasteiger partial charge in [0.25, 0.3) is 5.91 Å². The van der Waals surface area contributed by atoms with Crippen molar-refractivity contribution in [1.29, 1.82) is 0 Å². The lowest BCUT2D eigenvalue weighted by molar-refractivity contribution is -0.142. The first-order valence-corrected chi connectivity index (χ1v) is 9.31. The second kappa shape index (κ2) is 8.01. The summed E-state index contributed by atoms with van der Waals surface area (Å²) in [5.41, 5.74) is 3.06. The molecule has 1 aliphatic heterocycles. The van der Waals surface area contributed by atoms with Gasteiger partial charge >= 0.3 is 0 Å². The summed E-state index contributed by atoms with van der Waals surface area (Å²) in [6.07, 6.45) is 0. The highest BCUT2D eigenvalue weighted by Gasteiger charge is 2.35. The predicted octanol–water partition coefficient (Wildman–Crippen LogP) is 3.60. The lowest BCUT2D eigenvalue weighted by Gasteiger charge is -2.39. The third kappa shape index (κ3) is 4.25. The first kappa shape index (κ1) is 19.2. The second-order valence-electron chi connectivity index (χ2n) is 6.79. The number of nitrogens with zero attached hydrogens (tertiary/aromatic N) is 2. The number of rotatable bonds is 4. The van der Waals surface area contributed by atoms with Gasteiger partial charge in [-0.3, -0.25) is 9.59 Å². The number of hydrogen-bond donors (Lipinski definition) is 0. The van der Waals surface area contributed by atoms with Crippen LogP contribution in [0.4, 0.5) is 5.69 Å². The van der Waals surface area contributed by atoms with E-state index in [1.54, 1.807) is 41.0 Å². The van der Waals surface area contributed by atoms with Crippen LogP contribution in [0, 0.1) is 13.8 Å². The molecule has 0 saturated carbocycles. The van der Waals surface area contributed by atoms with Gasteiger partial charge in [0, 0.05) is 23.8 Å². The minimum Gasteiger partial charge on any atom is -0.484 e. The van der Waals surface area contributed by atoms with E-state index in [9.17, 15) is 9.59 Å². The molecule has 1 fully saturated rings. The number of anilines is 1. The van der Waals surface area contributed by atoms with Gasteiger partial charge < -0.3 is 14.5 Å². The number of hydrogen-bond acceptors (Lipinski definition) is 3. The maximum absolute atomic E-state index is 12.9. The molecule has 5 nitrogen and oxygen atoms in total. The zero-order chi connectivity index (χ0) is 19.6. The van der Waals surface area contributed by atoms with Crippen molar-refractivity contribution >= 4 is 29.1 Å². The summed E-state index contributed by atoms with van der Waals surface area (Å²) >= 11 is 5.84. The van der Waals surface area contributed by atoms with Crippen molar-refractivity contribution in [3.05, 3.63) is 58.6 Å². The lowest BCUT2D eigenvalue weighted by Crippen LogP contribution is -2.58. The molecule has 142 valence electrons. The molecule has 0 spiro atoms. The maximum atomic E-state index is 12.9. The zero-order valence-electron chi connectivity index (χ0n) is 15.7. The number of amides is 2. The Morgan fingerprint density at radius 2 is 1.85 bits per heavy atom. The van der Waals surface area contributed by atoms with Crippen molar-refractivity contribution in [2.24, 2.45) is 0 Å². The van der Waals surface area contributed by atoms with Gasteiger partial charge in [-0.15, -0.1) is 0 Å². The molecule has 27 heavy (non-hydrogen) atoms. The van der Waals surface area contributed by atoms with Gasteiger partial charge in [-0.05, 0) is 62.2 Å². The highest BCUT2D eigenvalue weighted by atomic mass is 35.5. The minimum atomic E-state index is -0.528. The smallest absolute Gasteiger partial charge is 0.261 e. The lowest BCUT2D eigenvalue weighted by atomic mass is 10.1. The summed E-state index contributed by atoms with van der Waals surface area (Å²) in [5, 5.41) is 0.607. The van der Waals surface area contributed by atoms with Gasteiger partial charge in [0.1, 0.15) is 11.8 Å². The average Bonchev–Trinajstić information content (AvgIpc) is 2.65. The number of aryl methyl sites for hydroxylation is 2. The number of carbonyl (C=O) groups is 2. The van der Waals surface area contributed by atoms with Gasteiger partial charge in [-0.25, -0.2) is 0 Å². The van der Waals surface area contributed by atoms with E-state index in [0.29, 0.717) is 23.9 Å². The molecule has 0 radical (unpaired) electrons. The molecule has 2 amide bonds. The highest BCUT2D eigenvalue weighted by molar-refractivity contribution is 6.30. The Bertz CT molecular complexity index is 851. The summed E-state index contributed by atoms with van der Waals surface area (Å²) < 4.78 is 5.53. The molecule has 2 aromatic rings. The Hall–Kier alpha value is -2.53. The molecule has 6 heteroatoms. The van der Waals surface area contributed by atoms with E-state index >= 15 is 0 Å². The molecule has 1 aliphatic rings. The standard InChI is InChI=1S/C21H23ClN2O3/c1-14-4-5-15(2)19(12-14)24-11-10-23(16(3)21(24)26)20(25)13-27-18-8-6-17(22)7-9-18/h4-9,12,16H,10-11,13H2,1-3H3/t16-/m0/s1. The summed E-state index contributed by atoms with van der Waals surface area (Å²) in [4.78, 5) is 28.8. The van der Waals surface area contributed by atoms with Gasteiger partial charge in [-0.1, -0.05) is 23.7 Å². The topological polar surface area (TPSA) is 49.9 Å². The second-order valence-corrected chi connectivity index (χ2v) is 7.22. The Kier molecular flexibility index (Phi) is 5.71. The Balaban J connectivity index is 1.66. The van der Waals surface area contributed by atoms with Crippen LogP contribution in [0.1, 0.15) is 18.1 Å². The molecule has 0 aromatic heterocycles. The molecular formula is C21H23ClN2O3. The minimum absolute atomic E-state index is 0.0743. The summed E-state index contributed by atoms with van der Waals surface area (Å²) in [6.45, 7) is 6.60. The van der Waals surface area contributed by atoms with Gasteiger partial charge in [0.05, 0.1) is 0 Å². The van der Waals surface area contributed by atoms with Crippen LogP contribution in [-0.4, -0.2) is 42.5 Å². The van der Waals surface area contributed by atoms with Crippen molar-refractivity contribution in [3.8, 4) is 5.75 Å². The quantitative estimate of drug-likeness (QED) is 0.806. The predicted molar refractivity (Wildman–Crippen MR) is 106 cm³/mol. The fourth-order valence-corrected chi connectivity index (χ4v) is 3.35. The van der Waals surface area contributed by atoms with Crippen LogP contribution in [-0.2, 0) is 9.59 Å². The van der Waals surface area contributed by atoms with Crippen molar-refractivity contribution in [3.63, 3.8) is 0 Å². The number of ether oxygens (including phenoxy) is 1. The largest absolute Gasteiger partial charge is 0.484 e. The van der Waals surface area contributed by atoms with Crippen LogP contribution in [0.2, 0.25) is 5.02 Å². The molecular weight excluding hydrogens is 364 g/mol. The van der Waals surface area contributed by atoms with Crippen molar-refractivity contribution in [2.45, 2.75) is 26.8 Å². The highest BCUT2D eigenvalue weighted by Crippen LogP contribution is 2.25. The Labute approximate surface area is 164 Å². The SMILES string of the molecule is Cc1ccc(C)c(N2CCN(C(=O)COc3ccc(Cl)cc3)[C@@H](C)C2=O)c1. The van der Waals surface area contributed by atoms with Crippen LogP contribution < -0.4 is 9.64 Å². The van der Waals surface area contributed by atoms with E-state index in [2.05, 4.69) is 0 Å². The first-order chi connectivity index (χ1) is 12.9. The van der Waals surface area contributed by atoms with E-state index in [0.717, 1.165) is 16.8 Å². The molecule has 0 N–H and O–H groups in total. The molecule has 0 unspecified atom stereocenters. The van der Waals surface area contributed by atoms with E-state index in [1.165, 1.54) is 0 Å². The third-order valence-electron chi connectivity index (χ3n) is 4.81. The molecule has 0 bridgehead atoms. The maximum Gasteiger partial charge on any atom is 0.261 e. The molecule has 2 aromatic carbocycles. The molecule has 0 aliphatic carbocycles. The van der Waals surface area contributed by atoms with Crippen LogP contribution in [0.5, 0.6) is 5.75 Å². The van der Waals surface area contributed by atoms with Gasteiger partial charge in [0.2, 0.25) is 5.91 Å². The van der Waals surface area contributed by atoms with Crippen LogP contribution >= 0.6 is 11.6 Å². The van der Waals surface area contributed by atoms with E-state index in [-0.39, 0.29) is 18.4 Å². The molecule has 1 heterocycles. The summed E-state index contributed by atoms with van der Waals surface area (Å²) in [5.74, 6) is 0.293. The molecule has 1 saturated heterocycles. The molecule has 1 atom stereocenters. The van der Waals surface area contributed by atoms with Crippen molar-refractivity contribution in [1.82, 2.24) is 4.90 Å². The number of halogens is 1. The van der Waals surface area contributed by atoms with Crippen LogP contribution in [0.25, 0.3) is 0 Å². The molecule has 3 rings (SSSR count). The first-order valence-electron chi connectivity index (χ1n) is 8.93. The van der Waals surface area contributed by atoms with E-state index in [4.69, 9.17) is 16.3 Å². The third-order valence-corrected chi connectivity index (χ3v) is 5.06. The zero-order valence-corrected chi connectivity index (χ0v) is 16.5. The fourth-order valence-electron chi connectivity index (χ4n) is 3.22. The monoisotopic (exact) mass is 386 g/mol. The van der Waals surface area contributed by atoms with Crippen molar-refractivity contribution in [2.75, 3.05) is 24.6 Å². The Morgan fingerprint density at radius 1 is 1.15 bits per heavy atom. The fraction of sp³-hybridized carbons (Fsp3) is 0.333. The number of carbonyl (C=O) groups excluding carboxylic acids is 2. The van der Waals surface area contributed by atoms with Gasteiger partial charge in [-0.2, -0.15) is 0 Å². The van der Waals surface area contributed by atoms with Gasteiger partial charge in [0.15, 0.2) is 6.61 Å². The number of benzene rings is 2.